The fourth-order valence-corrected chi connectivity index (χ4v) is 2.08. The molecule has 2 aromatic heterocycles. The van der Waals surface area contributed by atoms with Crippen LogP contribution in [0.25, 0.3) is 0 Å². The summed E-state index contributed by atoms with van der Waals surface area (Å²) in [5, 5.41) is 0. The van der Waals surface area contributed by atoms with Crippen LogP contribution in [0.3, 0.4) is 0 Å². The molecule has 2 aromatic rings. The summed E-state index contributed by atoms with van der Waals surface area (Å²) in [5.41, 5.74) is 1.73. The molecule has 0 saturated carbocycles. The first-order chi connectivity index (χ1) is 10.3. The van der Waals surface area contributed by atoms with Crippen LogP contribution in [0.1, 0.15) is 21.6 Å². The number of carbonyl (C=O) groups is 1. The lowest BCUT2D eigenvalue weighted by Crippen LogP contribution is -2.29. The van der Waals surface area contributed by atoms with E-state index in [1.165, 1.54) is 12.3 Å². The van der Waals surface area contributed by atoms with E-state index in [4.69, 9.17) is 4.74 Å². The quantitative estimate of drug-likeness (QED) is 0.884. The van der Waals surface area contributed by atoms with Gasteiger partial charge in [0, 0.05) is 12.4 Å². The summed E-state index contributed by atoms with van der Waals surface area (Å²) in [6, 6.07) is 4.92. The van der Waals surface area contributed by atoms with Gasteiger partial charge in [-0.25, -0.2) is 13.1 Å². The van der Waals surface area contributed by atoms with Gasteiger partial charge in [0.15, 0.2) is 0 Å². The highest BCUT2D eigenvalue weighted by Crippen LogP contribution is 2.16. The normalized spacial score (nSPS) is 11.0. The summed E-state index contributed by atoms with van der Waals surface area (Å²) >= 11 is 0. The van der Waals surface area contributed by atoms with Gasteiger partial charge in [-0.15, -0.1) is 0 Å². The molecular weight excluding hydrogens is 306 g/mol. The molecule has 2 rings (SSSR count). The number of aryl methyl sites for hydroxylation is 1. The fourth-order valence-electron chi connectivity index (χ4n) is 1.62. The largest absolute Gasteiger partial charge is 0.485 e. The van der Waals surface area contributed by atoms with E-state index < -0.39 is 15.9 Å². The number of sulfonamides is 1. The van der Waals surface area contributed by atoms with Crippen LogP contribution in [0, 0.1) is 6.92 Å². The first kappa shape index (κ1) is 15.9. The first-order valence-electron chi connectivity index (χ1n) is 6.35. The molecule has 116 valence electrons. The minimum atomic E-state index is -3.59. The van der Waals surface area contributed by atoms with Crippen LogP contribution in [0.15, 0.2) is 36.8 Å². The highest BCUT2D eigenvalue weighted by Gasteiger charge is 2.11. The van der Waals surface area contributed by atoms with Gasteiger partial charge < -0.3 is 4.74 Å². The average Bonchev–Trinajstić information content (AvgIpc) is 2.45. The van der Waals surface area contributed by atoms with Crippen LogP contribution in [0.2, 0.25) is 0 Å². The Hall–Kier alpha value is -2.48. The van der Waals surface area contributed by atoms with Gasteiger partial charge in [-0.2, -0.15) is 0 Å². The molecule has 1 N–H and O–H groups in total. The number of ether oxygens (including phenoxy) is 1. The van der Waals surface area contributed by atoms with Crippen LogP contribution >= 0.6 is 0 Å². The van der Waals surface area contributed by atoms with Crippen molar-refractivity contribution in [3.8, 4) is 5.75 Å². The monoisotopic (exact) mass is 321 g/mol. The lowest BCUT2D eigenvalue weighted by molar-refractivity contribution is 0.0981. The predicted octanol–water partition coefficient (Wildman–Crippen LogP) is 1.05. The summed E-state index contributed by atoms with van der Waals surface area (Å²) in [7, 11) is -3.59. The highest BCUT2D eigenvalue weighted by atomic mass is 32.2. The molecule has 0 radical (unpaired) electrons. The van der Waals surface area contributed by atoms with Gasteiger partial charge >= 0.3 is 0 Å². The fraction of sp³-hybridized carbons (Fsp3) is 0.214. The zero-order chi connectivity index (χ0) is 16.2. The SMILES string of the molecule is Cc1ccncc1OCc1ccc(C(=O)NS(C)(=O)=O)cn1. The molecule has 0 saturated heterocycles. The predicted molar refractivity (Wildman–Crippen MR) is 79.9 cm³/mol. The Kier molecular flexibility index (Phi) is 4.71. The molecule has 0 spiro atoms. The Labute approximate surface area is 128 Å². The third kappa shape index (κ3) is 4.52. The van der Waals surface area contributed by atoms with Crippen LogP contribution in [0.5, 0.6) is 5.75 Å². The van der Waals surface area contributed by atoms with Gasteiger partial charge in [-0.3, -0.25) is 14.8 Å². The lowest BCUT2D eigenvalue weighted by atomic mass is 10.2. The van der Waals surface area contributed by atoms with E-state index in [-0.39, 0.29) is 12.2 Å². The van der Waals surface area contributed by atoms with E-state index in [2.05, 4.69) is 9.97 Å². The van der Waals surface area contributed by atoms with Gasteiger partial charge in [-0.1, -0.05) is 0 Å². The molecule has 0 fully saturated rings. The standard InChI is InChI=1S/C14H15N3O4S/c1-10-5-6-15-8-13(10)21-9-12-4-3-11(7-16-12)14(18)17-22(2,19)20/h3-8H,9H2,1-2H3,(H,17,18). The zero-order valence-corrected chi connectivity index (χ0v) is 12.9. The molecule has 0 aliphatic heterocycles. The number of amides is 1. The number of hydrogen-bond acceptors (Lipinski definition) is 6. The molecule has 0 aromatic carbocycles. The van der Waals surface area contributed by atoms with Gasteiger partial charge in [0.25, 0.3) is 5.91 Å². The molecule has 7 nitrogen and oxygen atoms in total. The van der Waals surface area contributed by atoms with Crippen molar-refractivity contribution in [1.82, 2.24) is 14.7 Å². The number of pyridine rings is 2. The molecule has 22 heavy (non-hydrogen) atoms. The van der Waals surface area contributed by atoms with Crippen molar-refractivity contribution in [2.24, 2.45) is 0 Å². The molecule has 0 bridgehead atoms. The van der Waals surface area contributed by atoms with E-state index in [1.54, 1.807) is 18.5 Å². The van der Waals surface area contributed by atoms with Crippen LogP contribution in [0.4, 0.5) is 0 Å². The zero-order valence-electron chi connectivity index (χ0n) is 12.1. The molecule has 2 heterocycles. The van der Waals surface area contributed by atoms with Crippen LogP contribution in [-0.2, 0) is 16.6 Å². The van der Waals surface area contributed by atoms with Gasteiger partial charge in [0.1, 0.15) is 12.4 Å². The summed E-state index contributed by atoms with van der Waals surface area (Å²) < 4.78 is 29.4. The maximum absolute atomic E-state index is 11.6. The van der Waals surface area contributed by atoms with Crippen molar-refractivity contribution < 1.29 is 17.9 Å². The van der Waals surface area contributed by atoms with Crippen molar-refractivity contribution in [2.75, 3.05) is 6.26 Å². The number of aromatic nitrogens is 2. The minimum absolute atomic E-state index is 0.159. The summed E-state index contributed by atoms with van der Waals surface area (Å²) in [4.78, 5) is 19.7. The number of nitrogens with zero attached hydrogens (tertiary/aromatic N) is 2. The number of hydrogen-bond donors (Lipinski definition) is 1. The van der Waals surface area contributed by atoms with Crippen molar-refractivity contribution in [3.63, 3.8) is 0 Å². The molecular formula is C14H15N3O4S. The molecule has 0 unspecified atom stereocenters. The molecule has 8 heteroatoms. The van der Waals surface area contributed by atoms with Crippen molar-refractivity contribution in [1.29, 1.82) is 0 Å². The maximum atomic E-state index is 11.6. The van der Waals surface area contributed by atoms with E-state index in [9.17, 15) is 13.2 Å². The second-order valence-corrected chi connectivity index (χ2v) is 6.42. The van der Waals surface area contributed by atoms with E-state index in [0.717, 1.165) is 11.8 Å². The Morgan fingerprint density at radius 1 is 1.27 bits per heavy atom. The smallest absolute Gasteiger partial charge is 0.266 e. The molecule has 0 atom stereocenters. The second kappa shape index (κ2) is 6.52. The average molecular weight is 321 g/mol. The minimum Gasteiger partial charge on any atom is -0.485 e. The van der Waals surface area contributed by atoms with Gasteiger partial charge in [0.05, 0.1) is 23.7 Å². The summed E-state index contributed by atoms with van der Waals surface area (Å²) in [5.74, 6) is -0.0613. The maximum Gasteiger partial charge on any atom is 0.266 e. The molecule has 0 aliphatic rings. The molecule has 0 aliphatic carbocycles. The Balaban J connectivity index is 2.00. The third-order valence-electron chi connectivity index (χ3n) is 2.73. The van der Waals surface area contributed by atoms with Crippen molar-refractivity contribution in [2.45, 2.75) is 13.5 Å². The van der Waals surface area contributed by atoms with Crippen molar-refractivity contribution in [3.05, 3.63) is 53.6 Å². The van der Waals surface area contributed by atoms with E-state index >= 15 is 0 Å². The van der Waals surface area contributed by atoms with E-state index in [0.29, 0.717) is 11.4 Å². The third-order valence-corrected chi connectivity index (χ3v) is 3.29. The number of rotatable bonds is 5. The summed E-state index contributed by atoms with van der Waals surface area (Å²) in [6.45, 7) is 2.13. The topological polar surface area (TPSA) is 98.2 Å². The van der Waals surface area contributed by atoms with Crippen molar-refractivity contribution >= 4 is 15.9 Å². The first-order valence-corrected chi connectivity index (χ1v) is 8.25. The Bertz CT molecular complexity index is 773. The van der Waals surface area contributed by atoms with E-state index in [1.807, 2.05) is 17.7 Å². The van der Waals surface area contributed by atoms with Crippen LogP contribution in [-0.4, -0.2) is 30.5 Å². The van der Waals surface area contributed by atoms with Crippen LogP contribution < -0.4 is 9.46 Å². The lowest BCUT2D eigenvalue weighted by Gasteiger charge is -2.08. The van der Waals surface area contributed by atoms with Gasteiger partial charge in [0.2, 0.25) is 10.0 Å². The molecule has 1 amide bonds. The Morgan fingerprint density at radius 2 is 2.05 bits per heavy atom. The Morgan fingerprint density at radius 3 is 2.64 bits per heavy atom. The summed E-state index contributed by atoms with van der Waals surface area (Å²) in [6.07, 6.45) is 5.50. The van der Waals surface area contributed by atoms with Gasteiger partial charge in [-0.05, 0) is 30.7 Å². The second-order valence-electron chi connectivity index (χ2n) is 4.67. The highest BCUT2D eigenvalue weighted by molar-refractivity contribution is 7.89. The number of nitrogens with one attached hydrogen (secondary N) is 1. The number of carbonyl (C=O) groups excluding carboxylic acids is 1.